The first kappa shape index (κ1) is 11.2. The number of allylic oxidation sites excluding steroid dienone is 1. The minimum atomic E-state index is -0.705. The molecule has 1 N–H and O–H groups in total. The van der Waals surface area contributed by atoms with Gasteiger partial charge in [0.15, 0.2) is 0 Å². The second kappa shape index (κ2) is 4.42. The number of rotatable bonds is 5. The van der Waals surface area contributed by atoms with Crippen LogP contribution in [0.1, 0.15) is 19.3 Å². The molecule has 2 fully saturated rings. The maximum atomic E-state index is 11.0. The van der Waals surface area contributed by atoms with E-state index < -0.39 is 5.97 Å². The molecule has 0 radical (unpaired) electrons. The minimum absolute atomic E-state index is 0.310. The summed E-state index contributed by atoms with van der Waals surface area (Å²) in [6, 6.07) is 0. The van der Waals surface area contributed by atoms with E-state index in [0.29, 0.717) is 24.0 Å². The highest BCUT2D eigenvalue weighted by atomic mass is 16.6. The second-order valence-corrected chi connectivity index (χ2v) is 5.37. The van der Waals surface area contributed by atoms with Crippen molar-refractivity contribution < 1.29 is 19.4 Å². The highest BCUT2D eigenvalue weighted by molar-refractivity contribution is 5.72. The molecule has 0 bridgehead atoms. The fraction of sp³-hybridized carbons (Fsp3) is 0.769. The Bertz CT molecular complexity index is 330. The van der Waals surface area contributed by atoms with Gasteiger partial charge in [0.2, 0.25) is 0 Å². The number of hydrogen-bond acceptors (Lipinski definition) is 3. The van der Waals surface area contributed by atoms with E-state index in [1.807, 2.05) is 6.08 Å². The van der Waals surface area contributed by atoms with Gasteiger partial charge in [-0.3, -0.25) is 4.79 Å². The van der Waals surface area contributed by atoms with Gasteiger partial charge in [-0.25, -0.2) is 0 Å². The molecule has 17 heavy (non-hydrogen) atoms. The van der Waals surface area contributed by atoms with Crippen LogP contribution in [0, 0.1) is 17.8 Å². The first-order chi connectivity index (χ1) is 8.22. The van der Waals surface area contributed by atoms with Gasteiger partial charge in [-0.2, -0.15) is 0 Å². The zero-order chi connectivity index (χ0) is 11.8. The third kappa shape index (κ3) is 2.87. The van der Waals surface area contributed by atoms with Crippen molar-refractivity contribution in [3.05, 3.63) is 12.2 Å². The van der Waals surface area contributed by atoms with Crippen LogP contribution in [0.4, 0.5) is 0 Å². The third-order valence-electron chi connectivity index (χ3n) is 3.98. The molecule has 0 aromatic rings. The van der Waals surface area contributed by atoms with Crippen molar-refractivity contribution >= 4 is 5.97 Å². The Morgan fingerprint density at radius 1 is 1.18 bits per heavy atom. The summed E-state index contributed by atoms with van der Waals surface area (Å²) in [5.41, 5.74) is 0. The molecule has 2 heterocycles. The summed E-state index contributed by atoms with van der Waals surface area (Å²) in [5.74, 6) is -0.0979. The number of carboxylic acid groups (broad SMARTS) is 1. The molecule has 4 nitrogen and oxygen atoms in total. The Morgan fingerprint density at radius 3 is 2.41 bits per heavy atom. The van der Waals surface area contributed by atoms with E-state index in [1.165, 1.54) is 0 Å². The standard InChI is InChI=1S/C13H18O4/c14-13(15)9-2-1-8(4-11-6-16-11)10(3-9)5-12-7-17-12/h1-2,8-12H,3-7H2,(H,14,15). The van der Waals surface area contributed by atoms with E-state index in [-0.39, 0.29) is 5.92 Å². The fourth-order valence-electron chi connectivity index (χ4n) is 2.79. The molecular formula is C13H18O4. The number of ether oxygens (including phenoxy) is 2. The van der Waals surface area contributed by atoms with Crippen molar-refractivity contribution in [1.82, 2.24) is 0 Å². The number of epoxide rings is 2. The van der Waals surface area contributed by atoms with Crippen LogP contribution < -0.4 is 0 Å². The molecule has 4 heteroatoms. The predicted molar refractivity (Wildman–Crippen MR) is 60.6 cm³/mol. The van der Waals surface area contributed by atoms with Crippen LogP contribution in [0.25, 0.3) is 0 Å². The predicted octanol–water partition coefficient (Wildman–Crippen LogP) is 1.46. The Hall–Kier alpha value is -0.870. The molecule has 1 aliphatic carbocycles. The quantitative estimate of drug-likeness (QED) is 0.581. The van der Waals surface area contributed by atoms with Crippen LogP contribution in [0.15, 0.2) is 12.2 Å². The molecule has 0 aromatic heterocycles. The zero-order valence-electron chi connectivity index (χ0n) is 9.75. The topological polar surface area (TPSA) is 62.4 Å². The maximum absolute atomic E-state index is 11.0. The Labute approximate surface area is 101 Å². The van der Waals surface area contributed by atoms with E-state index in [0.717, 1.165) is 32.5 Å². The average molecular weight is 238 g/mol. The van der Waals surface area contributed by atoms with Crippen molar-refractivity contribution in [3.63, 3.8) is 0 Å². The van der Waals surface area contributed by atoms with Gasteiger partial charge >= 0.3 is 5.97 Å². The van der Waals surface area contributed by atoms with Crippen LogP contribution in [-0.4, -0.2) is 36.5 Å². The Kier molecular flexibility index (Phi) is 2.92. The summed E-state index contributed by atoms with van der Waals surface area (Å²) in [6.07, 6.45) is 7.54. The Morgan fingerprint density at radius 2 is 1.82 bits per heavy atom. The van der Waals surface area contributed by atoms with Crippen molar-refractivity contribution in [1.29, 1.82) is 0 Å². The van der Waals surface area contributed by atoms with E-state index in [4.69, 9.17) is 14.6 Å². The molecule has 5 unspecified atom stereocenters. The van der Waals surface area contributed by atoms with Crippen molar-refractivity contribution in [2.24, 2.45) is 17.8 Å². The van der Waals surface area contributed by atoms with E-state index in [2.05, 4.69) is 6.08 Å². The number of aliphatic carboxylic acids is 1. The zero-order valence-corrected chi connectivity index (χ0v) is 9.75. The van der Waals surface area contributed by atoms with Crippen LogP contribution in [0.3, 0.4) is 0 Å². The average Bonchev–Trinajstić information content (AvgIpc) is 3.14. The maximum Gasteiger partial charge on any atom is 0.310 e. The largest absolute Gasteiger partial charge is 0.481 e. The van der Waals surface area contributed by atoms with Gasteiger partial charge in [0, 0.05) is 0 Å². The molecule has 0 amide bonds. The molecule has 3 rings (SSSR count). The van der Waals surface area contributed by atoms with Crippen LogP contribution >= 0.6 is 0 Å². The minimum Gasteiger partial charge on any atom is -0.481 e. The lowest BCUT2D eigenvalue weighted by molar-refractivity contribution is -0.140. The van der Waals surface area contributed by atoms with Crippen molar-refractivity contribution in [2.75, 3.05) is 13.2 Å². The molecule has 2 saturated heterocycles. The van der Waals surface area contributed by atoms with Gasteiger partial charge < -0.3 is 14.6 Å². The van der Waals surface area contributed by atoms with Gasteiger partial charge in [0.25, 0.3) is 0 Å². The highest BCUT2D eigenvalue weighted by Crippen LogP contribution is 2.38. The molecule has 0 spiro atoms. The Balaban J connectivity index is 1.65. The number of carboxylic acids is 1. The summed E-state index contributed by atoms with van der Waals surface area (Å²) < 4.78 is 10.5. The highest BCUT2D eigenvalue weighted by Gasteiger charge is 2.37. The van der Waals surface area contributed by atoms with Crippen LogP contribution in [0.2, 0.25) is 0 Å². The van der Waals surface area contributed by atoms with Gasteiger partial charge in [0.1, 0.15) is 0 Å². The van der Waals surface area contributed by atoms with E-state index >= 15 is 0 Å². The van der Waals surface area contributed by atoms with E-state index in [9.17, 15) is 4.79 Å². The van der Waals surface area contributed by atoms with Gasteiger partial charge in [0.05, 0.1) is 31.3 Å². The first-order valence-electron chi connectivity index (χ1n) is 6.36. The molecule has 2 aliphatic heterocycles. The second-order valence-electron chi connectivity index (χ2n) is 5.37. The summed E-state index contributed by atoms with van der Waals surface area (Å²) >= 11 is 0. The molecule has 94 valence electrons. The van der Waals surface area contributed by atoms with E-state index in [1.54, 1.807) is 0 Å². The summed E-state index contributed by atoms with van der Waals surface area (Å²) in [7, 11) is 0. The monoisotopic (exact) mass is 238 g/mol. The lowest BCUT2D eigenvalue weighted by atomic mass is 9.75. The summed E-state index contributed by atoms with van der Waals surface area (Å²) in [4.78, 5) is 11.0. The molecule has 0 aromatic carbocycles. The smallest absolute Gasteiger partial charge is 0.310 e. The molecule has 5 atom stereocenters. The third-order valence-corrected chi connectivity index (χ3v) is 3.98. The first-order valence-corrected chi connectivity index (χ1v) is 6.36. The van der Waals surface area contributed by atoms with Crippen molar-refractivity contribution in [3.8, 4) is 0 Å². The van der Waals surface area contributed by atoms with Crippen LogP contribution in [-0.2, 0) is 14.3 Å². The lowest BCUT2D eigenvalue weighted by Gasteiger charge is -2.29. The number of carbonyl (C=O) groups is 1. The normalized spacial score (nSPS) is 43.4. The number of hydrogen-bond donors (Lipinski definition) is 1. The van der Waals surface area contributed by atoms with Gasteiger partial charge in [-0.15, -0.1) is 0 Å². The summed E-state index contributed by atoms with van der Waals surface area (Å²) in [5, 5.41) is 9.08. The van der Waals surface area contributed by atoms with Gasteiger partial charge in [-0.05, 0) is 31.1 Å². The molecular weight excluding hydrogens is 220 g/mol. The lowest BCUT2D eigenvalue weighted by Crippen LogP contribution is -2.27. The van der Waals surface area contributed by atoms with Gasteiger partial charge in [-0.1, -0.05) is 12.2 Å². The SMILES string of the molecule is O=C(O)C1C=CC(CC2CO2)C(CC2CO2)C1. The molecule has 0 saturated carbocycles. The van der Waals surface area contributed by atoms with Crippen LogP contribution in [0.5, 0.6) is 0 Å². The molecule has 3 aliphatic rings. The van der Waals surface area contributed by atoms with Crippen molar-refractivity contribution in [2.45, 2.75) is 31.5 Å². The summed E-state index contributed by atoms with van der Waals surface area (Å²) in [6.45, 7) is 1.73. The fourth-order valence-corrected chi connectivity index (χ4v) is 2.79.